The van der Waals surface area contributed by atoms with Crippen molar-refractivity contribution in [2.75, 3.05) is 17.3 Å². The van der Waals surface area contributed by atoms with E-state index >= 15 is 0 Å². The topological polar surface area (TPSA) is 69.7 Å². The minimum atomic E-state index is -1.34. The van der Waals surface area contributed by atoms with Crippen LogP contribution >= 0.6 is 0 Å². The van der Waals surface area contributed by atoms with Gasteiger partial charge in [0.05, 0.1) is 11.3 Å². The van der Waals surface area contributed by atoms with E-state index in [9.17, 15) is 14.4 Å². The van der Waals surface area contributed by atoms with Crippen LogP contribution < -0.4 is 10.2 Å². The number of likely N-dealkylation sites (N-methyl/N-ethyl adjacent to an activating group) is 1. The molecule has 1 N–H and O–H groups in total. The summed E-state index contributed by atoms with van der Waals surface area (Å²) < 4.78 is 0. The maximum Gasteiger partial charge on any atom is 0.271 e. The van der Waals surface area contributed by atoms with Gasteiger partial charge in [0.15, 0.2) is 0 Å². The lowest BCUT2D eigenvalue weighted by Gasteiger charge is -2.47. The molecule has 2 aliphatic heterocycles. The second kappa shape index (κ2) is 5.69. The molecule has 26 heavy (non-hydrogen) atoms. The van der Waals surface area contributed by atoms with Gasteiger partial charge in [-0.3, -0.25) is 19.3 Å². The van der Waals surface area contributed by atoms with Crippen LogP contribution in [0, 0.1) is 6.92 Å². The van der Waals surface area contributed by atoms with Crippen LogP contribution in [0.5, 0.6) is 0 Å². The Morgan fingerprint density at radius 2 is 1.77 bits per heavy atom. The number of carbonyl (C=O) groups is 3. The third kappa shape index (κ3) is 2.15. The maximum absolute atomic E-state index is 13.3. The minimum absolute atomic E-state index is 0.157. The summed E-state index contributed by atoms with van der Waals surface area (Å²) in [5.41, 5.74) is 1.31. The summed E-state index contributed by atoms with van der Waals surface area (Å²) >= 11 is 0. The van der Waals surface area contributed by atoms with Gasteiger partial charge in [-0.1, -0.05) is 29.8 Å². The fourth-order valence-electron chi connectivity index (χ4n) is 3.80. The number of rotatable bonds is 2. The van der Waals surface area contributed by atoms with E-state index in [1.807, 2.05) is 31.2 Å². The summed E-state index contributed by atoms with van der Waals surface area (Å²) in [6.45, 7) is 1.96. The quantitative estimate of drug-likeness (QED) is 0.906. The van der Waals surface area contributed by atoms with Gasteiger partial charge in [0, 0.05) is 25.6 Å². The van der Waals surface area contributed by atoms with Crippen LogP contribution in [-0.4, -0.2) is 35.3 Å². The highest BCUT2D eigenvalue weighted by Crippen LogP contribution is 2.44. The molecule has 0 radical (unpaired) electrons. The average Bonchev–Trinajstić information content (AvgIpc) is 3.00. The standard InChI is InChI=1S/C20H19N3O3/c1-13-7-9-14(10-8-13)21-19(26)20-12-11-17(24)23(20)16-6-4-3-5-15(16)18(25)22(20)2/h3-10H,11-12H2,1-2H3,(H,21,26)/t20-/m0/s1. The number of anilines is 2. The number of nitrogens with one attached hydrogen (secondary N) is 1. The predicted octanol–water partition coefficient (Wildman–Crippen LogP) is 2.54. The number of nitrogens with zero attached hydrogens (tertiary/aromatic N) is 2. The van der Waals surface area contributed by atoms with Crippen molar-refractivity contribution < 1.29 is 14.4 Å². The van der Waals surface area contributed by atoms with E-state index in [1.165, 1.54) is 9.80 Å². The monoisotopic (exact) mass is 349 g/mol. The first-order valence-electron chi connectivity index (χ1n) is 8.53. The summed E-state index contributed by atoms with van der Waals surface area (Å²) in [6, 6.07) is 14.3. The first-order valence-corrected chi connectivity index (χ1v) is 8.53. The van der Waals surface area contributed by atoms with Gasteiger partial charge in [-0.2, -0.15) is 0 Å². The summed E-state index contributed by atoms with van der Waals surface area (Å²) in [5.74, 6) is -0.793. The molecule has 0 bridgehead atoms. The lowest BCUT2D eigenvalue weighted by atomic mass is 9.96. The van der Waals surface area contributed by atoms with Crippen molar-refractivity contribution in [3.63, 3.8) is 0 Å². The van der Waals surface area contributed by atoms with Crippen molar-refractivity contribution in [2.24, 2.45) is 0 Å². The number of hydrogen-bond donors (Lipinski definition) is 1. The molecule has 3 amide bonds. The Hall–Kier alpha value is -3.15. The van der Waals surface area contributed by atoms with E-state index in [-0.39, 0.29) is 30.6 Å². The molecule has 4 rings (SSSR count). The molecule has 6 nitrogen and oxygen atoms in total. The smallest absolute Gasteiger partial charge is 0.271 e. The Morgan fingerprint density at radius 1 is 1.08 bits per heavy atom. The fraction of sp³-hybridized carbons (Fsp3) is 0.250. The van der Waals surface area contributed by atoms with Crippen molar-refractivity contribution >= 4 is 29.1 Å². The van der Waals surface area contributed by atoms with Gasteiger partial charge in [-0.25, -0.2) is 0 Å². The van der Waals surface area contributed by atoms with Crippen LogP contribution in [0.2, 0.25) is 0 Å². The Bertz CT molecular complexity index is 922. The SMILES string of the molecule is Cc1ccc(NC(=O)[C@]23CCC(=O)N2c2ccccc2C(=O)N3C)cc1. The van der Waals surface area contributed by atoms with Crippen molar-refractivity contribution in [2.45, 2.75) is 25.4 Å². The van der Waals surface area contributed by atoms with Crippen molar-refractivity contribution in [3.05, 3.63) is 59.7 Å². The molecule has 1 atom stereocenters. The van der Waals surface area contributed by atoms with E-state index < -0.39 is 5.66 Å². The van der Waals surface area contributed by atoms with E-state index in [0.717, 1.165) is 5.56 Å². The first-order chi connectivity index (χ1) is 12.4. The molecule has 6 heteroatoms. The van der Waals surface area contributed by atoms with Crippen molar-refractivity contribution in [1.82, 2.24) is 4.90 Å². The molecule has 132 valence electrons. The van der Waals surface area contributed by atoms with Crippen LogP contribution in [0.4, 0.5) is 11.4 Å². The Kier molecular flexibility index (Phi) is 3.57. The molecule has 0 aromatic heterocycles. The molecular weight excluding hydrogens is 330 g/mol. The van der Waals surface area contributed by atoms with Crippen LogP contribution in [0.25, 0.3) is 0 Å². The van der Waals surface area contributed by atoms with Gasteiger partial charge in [0.1, 0.15) is 0 Å². The average molecular weight is 349 g/mol. The number of benzene rings is 2. The minimum Gasteiger partial charge on any atom is -0.322 e. The highest BCUT2D eigenvalue weighted by atomic mass is 16.2. The lowest BCUT2D eigenvalue weighted by Crippen LogP contribution is -2.68. The number of amides is 3. The van der Waals surface area contributed by atoms with E-state index in [0.29, 0.717) is 16.9 Å². The van der Waals surface area contributed by atoms with Gasteiger partial charge in [-0.15, -0.1) is 0 Å². The summed E-state index contributed by atoms with van der Waals surface area (Å²) in [4.78, 5) is 41.7. The Morgan fingerprint density at radius 3 is 2.50 bits per heavy atom. The second-order valence-electron chi connectivity index (χ2n) is 6.75. The third-order valence-corrected chi connectivity index (χ3v) is 5.21. The molecule has 0 aliphatic carbocycles. The highest BCUT2D eigenvalue weighted by Gasteiger charge is 2.59. The molecule has 2 aromatic carbocycles. The van der Waals surface area contributed by atoms with Crippen LogP contribution in [0.15, 0.2) is 48.5 Å². The molecule has 0 spiro atoms. The summed E-state index contributed by atoms with van der Waals surface area (Å²) in [7, 11) is 1.58. The molecule has 2 aliphatic rings. The number of aryl methyl sites for hydroxylation is 1. The number of carbonyl (C=O) groups excluding carboxylic acids is 3. The molecule has 1 fully saturated rings. The normalized spacial score (nSPS) is 21.5. The zero-order valence-corrected chi connectivity index (χ0v) is 14.7. The number of fused-ring (bicyclic) bond motifs is 3. The Balaban J connectivity index is 1.80. The van der Waals surface area contributed by atoms with Gasteiger partial charge in [0.2, 0.25) is 11.6 Å². The molecular formula is C20H19N3O3. The van der Waals surface area contributed by atoms with Crippen LogP contribution in [0.3, 0.4) is 0 Å². The molecule has 1 saturated heterocycles. The molecule has 0 unspecified atom stereocenters. The number of hydrogen-bond acceptors (Lipinski definition) is 3. The van der Waals surface area contributed by atoms with Gasteiger partial charge >= 0.3 is 0 Å². The Labute approximate surface area is 151 Å². The predicted molar refractivity (Wildman–Crippen MR) is 97.8 cm³/mol. The summed E-state index contributed by atoms with van der Waals surface area (Å²) in [5, 5.41) is 2.88. The lowest BCUT2D eigenvalue weighted by molar-refractivity contribution is -0.128. The van der Waals surface area contributed by atoms with Crippen LogP contribution in [0.1, 0.15) is 28.8 Å². The largest absolute Gasteiger partial charge is 0.322 e. The van der Waals surface area contributed by atoms with Crippen molar-refractivity contribution in [3.8, 4) is 0 Å². The van der Waals surface area contributed by atoms with Crippen molar-refractivity contribution in [1.29, 1.82) is 0 Å². The highest BCUT2D eigenvalue weighted by molar-refractivity contribution is 6.18. The zero-order chi connectivity index (χ0) is 18.5. The summed E-state index contributed by atoms with van der Waals surface area (Å²) in [6.07, 6.45) is 0.480. The molecule has 0 saturated carbocycles. The maximum atomic E-state index is 13.3. The third-order valence-electron chi connectivity index (χ3n) is 5.21. The van der Waals surface area contributed by atoms with Gasteiger partial charge in [-0.05, 0) is 31.2 Å². The first kappa shape index (κ1) is 16.3. The van der Waals surface area contributed by atoms with E-state index in [4.69, 9.17) is 0 Å². The molecule has 2 aromatic rings. The van der Waals surface area contributed by atoms with Gasteiger partial charge < -0.3 is 10.2 Å². The fourth-order valence-corrected chi connectivity index (χ4v) is 3.80. The van der Waals surface area contributed by atoms with Crippen LogP contribution in [-0.2, 0) is 9.59 Å². The van der Waals surface area contributed by atoms with E-state index in [1.54, 1.807) is 31.3 Å². The second-order valence-corrected chi connectivity index (χ2v) is 6.75. The molecule has 2 heterocycles. The zero-order valence-electron chi connectivity index (χ0n) is 14.7. The van der Waals surface area contributed by atoms with E-state index in [2.05, 4.69) is 5.32 Å². The van der Waals surface area contributed by atoms with Gasteiger partial charge in [0.25, 0.3) is 11.8 Å². The number of para-hydroxylation sites is 1.